The fourth-order valence-electron chi connectivity index (χ4n) is 4.75. The Hall–Kier alpha value is -5.84. The third kappa shape index (κ3) is 4.47. The Morgan fingerprint density at radius 2 is 1.28 bits per heavy atom. The highest BCUT2D eigenvalue weighted by molar-refractivity contribution is 5.99. The molecule has 0 aliphatic carbocycles. The standard InChI is InChI=1S/C19H18O6.C13H8O5/c1-5-19(2,3)10-8-12(21)18(24-4)13-14(22)9-6-7-11(20)15(23)16(9)25-17(10)13;14-7-4-5-9(16)13-10(7)11(17)6-2-1-3-8(15)12(6)18-13/h5-8,20-21,23H,1H2,2-4H3;1-5,14-16H. The smallest absolute Gasteiger partial charge is 0.204 e. The number of phenols is 6. The van der Waals surface area contributed by atoms with E-state index in [1.54, 1.807) is 6.08 Å². The number of para-hydroxylation sites is 1. The Morgan fingerprint density at radius 3 is 1.95 bits per heavy atom. The molecule has 0 radical (unpaired) electrons. The third-order valence-electron chi connectivity index (χ3n) is 7.19. The molecule has 6 rings (SSSR count). The number of benzene rings is 4. The minimum Gasteiger partial charge on any atom is -0.507 e. The van der Waals surface area contributed by atoms with E-state index in [2.05, 4.69) is 6.58 Å². The molecule has 11 nitrogen and oxygen atoms in total. The van der Waals surface area contributed by atoms with Crippen LogP contribution in [0.15, 0.2) is 79.6 Å². The molecule has 0 bridgehead atoms. The highest BCUT2D eigenvalue weighted by atomic mass is 16.5. The van der Waals surface area contributed by atoms with Crippen molar-refractivity contribution in [2.45, 2.75) is 19.3 Å². The van der Waals surface area contributed by atoms with Gasteiger partial charge in [-0.2, -0.15) is 0 Å². The van der Waals surface area contributed by atoms with Crippen LogP contribution in [-0.4, -0.2) is 37.7 Å². The average Bonchev–Trinajstić information content (AvgIpc) is 2.98. The second-order valence-electron chi connectivity index (χ2n) is 10.2. The van der Waals surface area contributed by atoms with Gasteiger partial charge < -0.3 is 44.2 Å². The van der Waals surface area contributed by atoms with Gasteiger partial charge in [0, 0.05) is 11.0 Å². The summed E-state index contributed by atoms with van der Waals surface area (Å²) < 4.78 is 16.3. The van der Waals surface area contributed by atoms with Gasteiger partial charge in [0.15, 0.2) is 45.5 Å². The van der Waals surface area contributed by atoms with Gasteiger partial charge in [-0.25, -0.2) is 0 Å². The minimum absolute atomic E-state index is 0.0122. The molecule has 0 fully saturated rings. The normalized spacial score (nSPS) is 11.5. The molecule has 0 atom stereocenters. The van der Waals surface area contributed by atoms with Crippen LogP contribution in [-0.2, 0) is 5.41 Å². The van der Waals surface area contributed by atoms with E-state index in [1.165, 1.54) is 55.6 Å². The van der Waals surface area contributed by atoms with Crippen molar-refractivity contribution in [1.82, 2.24) is 0 Å². The van der Waals surface area contributed by atoms with Crippen molar-refractivity contribution in [3.8, 4) is 40.2 Å². The van der Waals surface area contributed by atoms with E-state index < -0.39 is 27.8 Å². The first kappa shape index (κ1) is 28.7. The van der Waals surface area contributed by atoms with Gasteiger partial charge in [0.25, 0.3) is 0 Å². The molecule has 0 spiro atoms. The van der Waals surface area contributed by atoms with Crippen molar-refractivity contribution in [3.63, 3.8) is 0 Å². The first-order valence-electron chi connectivity index (χ1n) is 12.8. The average molecular weight is 587 g/mol. The van der Waals surface area contributed by atoms with Gasteiger partial charge in [-0.05, 0) is 42.5 Å². The second kappa shape index (κ2) is 10.2. The van der Waals surface area contributed by atoms with Crippen LogP contribution >= 0.6 is 0 Å². The van der Waals surface area contributed by atoms with Crippen LogP contribution < -0.4 is 15.6 Å². The van der Waals surface area contributed by atoms with Crippen LogP contribution in [0.5, 0.6) is 40.2 Å². The summed E-state index contributed by atoms with van der Waals surface area (Å²) in [6.07, 6.45) is 1.65. The molecule has 0 saturated heterocycles. The maximum Gasteiger partial charge on any atom is 0.204 e. The molecule has 2 aromatic heterocycles. The molecule has 43 heavy (non-hydrogen) atoms. The molecule has 2 heterocycles. The van der Waals surface area contributed by atoms with E-state index in [9.17, 15) is 40.2 Å². The topological polar surface area (TPSA) is 191 Å². The fraction of sp³-hybridized carbons (Fsp3) is 0.125. The monoisotopic (exact) mass is 586 g/mol. The Morgan fingerprint density at radius 1 is 0.698 bits per heavy atom. The van der Waals surface area contributed by atoms with Crippen molar-refractivity contribution in [1.29, 1.82) is 0 Å². The summed E-state index contributed by atoms with van der Waals surface area (Å²) in [7, 11) is 1.34. The number of methoxy groups -OCH3 is 1. The molecule has 220 valence electrons. The van der Waals surface area contributed by atoms with Gasteiger partial charge in [-0.3, -0.25) is 9.59 Å². The van der Waals surface area contributed by atoms with E-state index in [-0.39, 0.29) is 72.6 Å². The van der Waals surface area contributed by atoms with E-state index in [0.29, 0.717) is 5.56 Å². The lowest BCUT2D eigenvalue weighted by Crippen LogP contribution is -2.16. The van der Waals surface area contributed by atoms with Crippen LogP contribution in [0.2, 0.25) is 0 Å². The van der Waals surface area contributed by atoms with Gasteiger partial charge in [0.2, 0.25) is 16.6 Å². The van der Waals surface area contributed by atoms with Crippen molar-refractivity contribution >= 4 is 43.9 Å². The summed E-state index contributed by atoms with van der Waals surface area (Å²) in [5, 5.41) is 59.2. The van der Waals surface area contributed by atoms with Gasteiger partial charge in [-0.15, -0.1) is 6.58 Å². The van der Waals surface area contributed by atoms with E-state index in [4.69, 9.17) is 13.6 Å². The van der Waals surface area contributed by atoms with Crippen LogP contribution in [0.3, 0.4) is 0 Å². The number of aromatic hydroxyl groups is 6. The predicted molar refractivity (Wildman–Crippen MR) is 160 cm³/mol. The summed E-state index contributed by atoms with van der Waals surface area (Å²) in [5.41, 5.74) is -1.28. The molecule has 0 aliphatic rings. The molecule has 6 aromatic rings. The SMILES string of the molecule is C=CC(C)(C)c1cc(O)c(OC)c2c(=O)c3ccc(O)c(O)c3oc12.O=c1c2cccc(O)c2oc2c(O)ccc(O)c12. The zero-order chi connectivity index (χ0) is 31.4. The number of hydrogen-bond acceptors (Lipinski definition) is 11. The number of hydrogen-bond donors (Lipinski definition) is 6. The Kier molecular flexibility index (Phi) is 6.81. The predicted octanol–water partition coefficient (Wildman–Crippen LogP) is 5.60. The molecule has 6 N–H and O–H groups in total. The third-order valence-corrected chi connectivity index (χ3v) is 7.19. The molecule has 11 heteroatoms. The van der Waals surface area contributed by atoms with Crippen molar-refractivity contribution in [2.24, 2.45) is 0 Å². The first-order chi connectivity index (χ1) is 20.3. The van der Waals surface area contributed by atoms with Gasteiger partial charge in [0.1, 0.15) is 22.1 Å². The van der Waals surface area contributed by atoms with Crippen molar-refractivity contribution < 1.29 is 44.2 Å². The summed E-state index contributed by atoms with van der Waals surface area (Å²) in [5.74, 6) is -1.88. The maximum atomic E-state index is 13.0. The zero-order valence-electron chi connectivity index (χ0n) is 23.1. The lowest BCUT2D eigenvalue weighted by Gasteiger charge is -2.23. The molecule has 0 aliphatic heterocycles. The quantitative estimate of drug-likeness (QED) is 0.0655. The van der Waals surface area contributed by atoms with Crippen LogP contribution in [0.1, 0.15) is 19.4 Å². The van der Waals surface area contributed by atoms with Crippen molar-refractivity contribution in [3.05, 3.63) is 87.2 Å². The molecule has 0 unspecified atom stereocenters. The Labute approximate surface area is 242 Å². The summed E-state index contributed by atoms with van der Waals surface area (Å²) >= 11 is 0. The van der Waals surface area contributed by atoms with Crippen LogP contribution in [0.4, 0.5) is 0 Å². The second-order valence-corrected chi connectivity index (χ2v) is 10.2. The first-order valence-corrected chi connectivity index (χ1v) is 12.8. The number of fused-ring (bicyclic) bond motifs is 4. The van der Waals surface area contributed by atoms with Crippen molar-refractivity contribution in [2.75, 3.05) is 7.11 Å². The summed E-state index contributed by atoms with van der Waals surface area (Å²) in [4.78, 5) is 25.2. The molecule has 0 amide bonds. The molecule has 4 aromatic carbocycles. The molecule has 0 saturated carbocycles. The Bertz CT molecular complexity index is 2220. The minimum atomic E-state index is -0.641. The zero-order valence-corrected chi connectivity index (χ0v) is 23.1. The van der Waals surface area contributed by atoms with Gasteiger partial charge >= 0.3 is 0 Å². The fourth-order valence-corrected chi connectivity index (χ4v) is 4.75. The van der Waals surface area contributed by atoms with Crippen LogP contribution in [0, 0.1) is 0 Å². The largest absolute Gasteiger partial charge is 0.507 e. The number of rotatable bonds is 3. The highest BCUT2D eigenvalue weighted by Gasteiger charge is 2.28. The molecular weight excluding hydrogens is 560 g/mol. The molecular formula is C32H26O11. The number of allylic oxidation sites excluding steroid dienone is 1. The number of ether oxygens (including phenoxy) is 1. The summed E-state index contributed by atoms with van der Waals surface area (Å²) in [6.45, 7) is 7.46. The highest BCUT2D eigenvalue weighted by Crippen LogP contribution is 2.43. The maximum absolute atomic E-state index is 13.0. The van der Waals surface area contributed by atoms with E-state index >= 15 is 0 Å². The van der Waals surface area contributed by atoms with Gasteiger partial charge in [0.05, 0.1) is 17.9 Å². The summed E-state index contributed by atoms with van der Waals surface area (Å²) in [6, 6.07) is 10.8. The van der Waals surface area contributed by atoms with E-state index in [1.807, 2.05) is 13.8 Å². The number of phenolic OH excluding ortho intramolecular Hbond substituents is 6. The lowest BCUT2D eigenvalue weighted by atomic mass is 9.83. The Balaban J connectivity index is 0.000000180. The van der Waals surface area contributed by atoms with E-state index in [0.717, 1.165) is 0 Å². The van der Waals surface area contributed by atoms with Gasteiger partial charge in [-0.1, -0.05) is 26.0 Å². The lowest BCUT2D eigenvalue weighted by molar-refractivity contribution is 0.376. The van der Waals surface area contributed by atoms with Crippen LogP contribution in [0.25, 0.3) is 43.9 Å².